The number of carbonyl (C=O) groups excluding carboxylic acids is 2. The monoisotopic (exact) mass is 641 g/mol. The minimum atomic E-state index is -0.448. The van der Waals surface area contributed by atoms with Crippen molar-refractivity contribution in [2.75, 3.05) is 12.4 Å². The van der Waals surface area contributed by atoms with Gasteiger partial charge in [-0.15, -0.1) is 0 Å². The van der Waals surface area contributed by atoms with E-state index < -0.39 is 5.91 Å². The number of anilines is 1. The van der Waals surface area contributed by atoms with Crippen LogP contribution in [0.2, 0.25) is 0 Å². The number of methoxy groups -OCH3 is 1. The molecule has 0 heterocycles. The van der Waals surface area contributed by atoms with Crippen LogP contribution in [-0.2, 0) is 0 Å². The Balaban J connectivity index is 1.66. The van der Waals surface area contributed by atoms with Gasteiger partial charge in [-0.05, 0) is 99.8 Å². The first-order valence-electron chi connectivity index (χ1n) is 8.94. The molecule has 9 heteroatoms. The van der Waals surface area contributed by atoms with E-state index in [9.17, 15) is 14.7 Å². The summed E-state index contributed by atoms with van der Waals surface area (Å²) in [4.78, 5) is 24.8. The number of nitrogens with one attached hydrogen (secondary N) is 2. The average molecular weight is 641 g/mol. The molecule has 0 radical (unpaired) electrons. The van der Waals surface area contributed by atoms with Crippen molar-refractivity contribution >= 4 is 68.9 Å². The van der Waals surface area contributed by atoms with Crippen molar-refractivity contribution in [3.8, 4) is 11.5 Å². The number of amides is 2. The largest absolute Gasteiger partial charge is 0.506 e. The number of carbonyl (C=O) groups is 2. The summed E-state index contributed by atoms with van der Waals surface area (Å²) in [5.74, 6) is 0.00452. The van der Waals surface area contributed by atoms with Crippen LogP contribution < -0.4 is 15.5 Å². The molecule has 0 aliphatic rings. The molecular formula is C22H17I2N3O4. The Morgan fingerprint density at radius 2 is 1.74 bits per heavy atom. The van der Waals surface area contributed by atoms with Crippen LogP contribution in [0, 0.1) is 7.14 Å². The van der Waals surface area contributed by atoms with Crippen LogP contribution in [0.15, 0.2) is 65.8 Å². The number of nitrogens with zero attached hydrogens (tertiary/aromatic N) is 1. The van der Waals surface area contributed by atoms with E-state index in [1.54, 1.807) is 61.7 Å². The molecule has 158 valence electrons. The Labute approximate surface area is 206 Å². The molecular weight excluding hydrogens is 624 g/mol. The number of hydrogen-bond acceptors (Lipinski definition) is 5. The molecule has 31 heavy (non-hydrogen) atoms. The summed E-state index contributed by atoms with van der Waals surface area (Å²) < 4.78 is 6.72. The zero-order valence-electron chi connectivity index (χ0n) is 16.2. The van der Waals surface area contributed by atoms with Crippen LogP contribution in [0.25, 0.3) is 0 Å². The lowest BCUT2D eigenvalue weighted by Crippen LogP contribution is -2.18. The Hall–Kier alpha value is -2.67. The molecule has 0 aromatic heterocycles. The van der Waals surface area contributed by atoms with Crippen LogP contribution in [0.4, 0.5) is 5.69 Å². The summed E-state index contributed by atoms with van der Waals surface area (Å²) in [6.07, 6.45) is 1.38. The van der Waals surface area contributed by atoms with Crippen molar-refractivity contribution in [1.82, 2.24) is 5.43 Å². The van der Waals surface area contributed by atoms with Gasteiger partial charge in [0, 0.05) is 25.9 Å². The molecule has 3 aromatic rings. The molecule has 3 N–H and O–H groups in total. The molecule has 0 bridgehead atoms. The van der Waals surface area contributed by atoms with Gasteiger partial charge in [0.2, 0.25) is 0 Å². The highest BCUT2D eigenvalue weighted by atomic mass is 127. The summed E-state index contributed by atoms with van der Waals surface area (Å²) >= 11 is 4.16. The van der Waals surface area contributed by atoms with Crippen LogP contribution >= 0.6 is 45.2 Å². The van der Waals surface area contributed by atoms with Crippen molar-refractivity contribution in [2.24, 2.45) is 5.10 Å². The van der Waals surface area contributed by atoms with Crippen molar-refractivity contribution in [3.63, 3.8) is 0 Å². The van der Waals surface area contributed by atoms with Gasteiger partial charge in [0.25, 0.3) is 11.8 Å². The number of rotatable bonds is 6. The van der Waals surface area contributed by atoms with Gasteiger partial charge in [-0.25, -0.2) is 5.43 Å². The van der Waals surface area contributed by atoms with E-state index >= 15 is 0 Å². The van der Waals surface area contributed by atoms with Gasteiger partial charge in [-0.3, -0.25) is 9.59 Å². The Morgan fingerprint density at radius 1 is 1.00 bits per heavy atom. The van der Waals surface area contributed by atoms with E-state index in [4.69, 9.17) is 4.74 Å². The summed E-state index contributed by atoms with van der Waals surface area (Å²) in [7, 11) is 1.56. The minimum Gasteiger partial charge on any atom is -0.506 e. The predicted octanol–water partition coefficient (Wildman–Crippen LogP) is 4.63. The molecule has 0 spiro atoms. The predicted molar refractivity (Wildman–Crippen MR) is 136 cm³/mol. The third-order valence-corrected chi connectivity index (χ3v) is 5.61. The molecule has 0 atom stereocenters. The number of halogens is 2. The maximum atomic E-state index is 12.4. The number of hydrogen-bond donors (Lipinski definition) is 3. The average Bonchev–Trinajstić information content (AvgIpc) is 2.77. The normalized spacial score (nSPS) is 10.7. The van der Waals surface area contributed by atoms with Gasteiger partial charge in [0.1, 0.15) is 11.5 Å². The van der Waals surface area contributed by atoms with Crippen molar-refractivity contribution in [3.05, 3.63) is 84.5 Å². The number of ether oxygens (including phenoxy) is 1. The maximum absolute atomic E-state index is 12.4. The molecule has 0 unspecified atom stereocenters. The van der Waals surface area contributed by atoms with E-state index in [-0.39, 0.29) is 11.7 Å². The van der Waals surface area contributed by atoms with Gasteiger partial charge in [-0.2, -0.15) is 5.10 Å². The Kier molecular flexibility index (Phi) is 7.85. The van der Waals surface area contributed by atoms with Crippen molar-refractivity contribution in [2.45, 2.75) is 0 Å². The second-order valence-corrected chi connectivity index (χ2v) is 8.70. The molecule has 0 saturated heterocycles. The van der Waals surface area contributed by atoms with E-state index in [2.05, 4.69) is 38.4 Å². The molecule has 2 amide bonds. The Bertz CT molecular complexity index is 1150. The van der Waals surface area contributed by atoms with Crippen molar-refractivity contribution in [1.29, 1.82) is 0 Å². The first-order valence-corrected chi connectivity index (χ1v) is 11.1. The second-order valence-electron chi connectivity index (χ2n) is 6.29. The van der Waals surface area contributed by atoms with Crippen LogP contribution in [0.1, 0.15) is 26.3 Å². The summed E-state index contributed by atoms with van der Waals surface area (Å²) in [5.41, 5.74) is 4.19. The molecule has 3 aromatic carbocycles. The fourth-order valence-electron chi connectivity index (χ4n) is 2.59. The topological polar surface area (TPSA) is 100 Å². The third-order valence-electron chi connectivity index (χ3n) is 4.16. The smallest absolute Gasteiger partial charge is 0.271 e. The number of hydrazone groups is 1. The van der Waals surface area contributed by atoms with Crippen LogP contribution in [-0.4, -0.2) is 30.2 Å². The maximum Gasteiger partial charge on any atom is 0.271 e. The quantitative estimate of drug-likeness (QED) is 0.208. The van der Waals surface area contributed by atoms with E-state index in [0.717, 1.165) is 3.57 Å². The van der Waals surface area contributed by atoms with Crippen LogP contribution in [0.3, 0.4) is 0 Å². The summed E-state index contributed by atoms with van der Waals surface area (Å²) in [6, 6.07) is 16.8. The first kappa shape index (κ1) is 23.0. The fraction of sp³-hybridized carbons (Fsp3) is 0.0455. The zero-order chi connectivity index (χ0) is 22.4. The highest BCUT2D eigenvalue weighted by Crippen LogP contribution is 2.25. The Morgan fingerprint density at radius 3 is 2.45 bits per heavy atom. The zero-order valence-corrected chi connectivity index (χ0v) is 20.5. The molecule has 7 nitrogen and oxygen atoms in total. The van der Waals surface area contributed by atoms with Gasteiger partial charge in [0.15, 0.2) is 0 Å². The third kappa shape index (κ3) is 6.17. The lowest BCUT2D eigenvalue weighted by Gasteiger charge is -2.08. The van der Waals surface area contributed by atoms with Gasteiger partial charge in [0.05, 0.1) is 16.9 Å². The number of aromatic hydroxyl groups is 1. The van der Waals surface area contributed by atoms with E-state index in [0.29, 0.717) is 31.7 Å². The van der Waals surface area contributed by atoms with Gasteiger partial charge in [-0.1, -0.05) is 6.07 Å². The molecule has 0 aliphatic heterocycles. The lowest BCUT2D eigenvalue weighted by atomic mass is 10.1. The van der Waals surface area contributed by atoms with Crippen molar-refractivity contribution < 1.29 is 19.4 Å². The summed E-state index contributed by atoms with van der Waals surface area (Å²) in [5, 5.41) is 16.8. The van der Waals surface area contributed by atoms with E-state index in [1.807, 2.05) is 28.7 Å². The number of benzene rings is 3. The molecule has 0 fully saturated rings. The minimum absolute atomic E-state index is 0.0993. The molecule has 0 saturated carbocycles. The van der Waals surface area contributed by atoms with Crippen LogP contribution in [0.5, 0.6) is 11.5 Å². The number of phenolic OH excluding ortho intramolecular Hbond substituents is 1. The first-order chi connectivity index (χ1) is 14.9. The fourth-order valence-corrected chi connectivity index (χ4v) is 4.48. The molecule has 3 rings (SSSR count). The SMILES string of the molecule is COc1ccc(C(=O)Nc2cccc(C(=O)N/N=C/c3cc(I)cc(I)c3O)c2)cc1. The highest BCUT2D eigenvalue weighted by Gasteiger charge is 2.10. The van der Waals surface area contributed by atoms with Gasteiger partial charge >= 0.3 is 0 Å². The lowest BCUT2D eigenvalue weighted by molar-refractivity contribution is 0.0953. The highest BCUT2D eigenvalue weighted by molar-refractivity contribution is 14.1. The second kappa shape index (κ2) is 10.6. The summed E-state index contributed by atoms with van der Waals surface area (Å²) in [6.45, 7) is 0. The molecule has 0 aliphatic carbocycles. The van der Waals surface area contributed by atoms with Gasteiger partial charge < -0.3 is 15.2 Å². The standard InChI is InChI=1S/C22H17I2N3O4/c1-31-18-7-5-13(6-8-18)21(29)26-17-4-2-3-14(10-17)22(30)27-25-12-15-9-16(23)11-19(24)20(15)28/h2-12,28H,1H3,(H,26,29)(H,27,30)/b25-12+. The van der Waals surface area contributed by atoms with E-state index in [1.165, 1.54) is 6.21 Å². The number of phenols is 1.